The molecule has 0 spiro atoms. The van der Waals surface area contributed by atoms with Crippen LogP contribution in [0.25, 0.3) is 0 Å². The van der Waals surface area contributed by atoms with Crippen molar-refractivity contribution in [3.63, 3.8) is 0 Å². The van der Waals surface area contributed by atoms with Crippen LogP contribution in [0.2, 0.25) is 0 Å². The van der Waals surface area contributed by atoms with Crippen molar-refractivity contribution in [3.05, 3.63) is 0 Å². The predicted molar refractivity (Wildman–Crippen MR) is 63.9 cm³/mol. The Morgan fingerprint density at radius 3 is 1.94 bits per heavy atom. The third kappa shape index (κ3) is 10.0. The monoisotopic (exact) mass is 262 g/mol. The first-order chi connectivity index (χ1) is 8.43. The molecule has 0 aromatic carbocycles. The number of hydrogen-bond donors (Lipinski definition) is 4. The summed E-state index contributed by atoms with van der Waals surface area (Å²) in [4.78, 5) is 21.2. The summed E-state index contributed by atoms with van der Waals surface area (Å²) in [6.45, 7) is 0. The average Bonchev–Trinajstić information content (AvgIpc) is 2.25. The average molecular weight is 262 g/mol. The number of aliphatic carboxylic acids is 2. The fraction of sp³-hybridized carbons (Fsp3) is 0.833. The second-order valence-corrected chi connectivity index (χ2v) is 4.44. The molecule has 1 unspecified atom stereocenters. The minimum atomic E-state index is -1.38. The summed E-state index contributed by atoms with van der Waals surface area (Å²) >= 11 is 0. The molecule has 0 heterocycles. The standard InChI is InChI=1S/C12H22O6/c13-10(14)7-3-1-2-5-9(12(17)18)6-4-8-11(15)16/h9,11,15-16H,1-8H2,(H,13,14)(H,17,18). The van der Waals surface area contributed by atoms with Crippen LogP contribution in [0.15, 0.2) is 0 Å². The summed E-state index contributed by atoms with van der Waals surface area (Å²) in [5.41, 5.74) is 0. The highest BCUT2D eigenvalue weighted by Crippen LogP contribution is 2.18. The first kappa shape index (κ1) is 16.9. The van der Waals surface area contributed by atoms with Crippen LogP contribution in [0.3, 0.4) is 0 Å². The number of carboxylic acid groups (broad SMARTS) is 2. The highest BCUT2D eigenvalue weighted by atomic mass is 16.5. The van der Waals surface area contributed by atoms with Gasteiger partial charge >= 0.3 is 11.9 Å². The van der Waals surface area contributed by atoms with Gasteiger partial charge in [0.2, 0.25) is 0 Å². The van der Waals surface area contributed by atoms with E-state index in [9.17, 15) is 9.59 Å². The van der Waals surface area contributed by atoms with Crippen LogP contribution >= 0.6 is 0 Å². The van der Waals surface area contributed by atoms with E-state index in [1.165, 1.54) is 0 Å². The third-order valence-corrected chi connectivity index (χ3v) is 2.81. The maximum Gasteiger partial charge on any atom is 0.306 e. The Balaban J connectivity index is 3.70. The highest BCUT2D eigenvalue weighted by Gasteiger charge is 2.16. The first-order valence-electron chi connectivity index (χ1n) is 6.24. The van der Waals surface area contributed by atoms with Gasteiger partial charge in [-0.15, -0.1) is 0 Å². The molecule has 18 heavy (non-hydrogen) atoms. The minimum Gasteiger partial charge on any atom is -0.481 e. The van der Waals surface area contributed by atoms with Gasteiger partial charge in [0.1, 0.15) is 0 Å². The summed E-state index contributed by atoms with van der Waals surface area (Å²) in [6.07, 6.45) is 2.28. The second-order valence-electron chi connectivity index (χ2n) is 4.44. The fourth-order valence-corrected chi connectivity index (χ4v) is 1.78. The van der Waals surface area contributed by atoms with Crippen LogP contribution in [-0.4, -0.2) is 38.7 Å². The van der Waals surface area contributed by atoms with E-state index in [0.717, 1.165) is 0 Å². The molecule has 106 valence electrons. The molecular weight excluding hydrogens is 240 g/mol. The highest BCUT2D eigenvalue weighted by molar-refractivity contribution is 5.69. The number of rotatable bonds is 11. The molecule has 4 N–H and O–H groups in total. The lowest BCUT2D eigenvalue weighted by molar-refractivity contribution is -0.142. The number of unbranched alkanes of at least 4 members (excludes halogenated alkanes) is 2. The Hall–Kier alpha value is -1.14. The third-order valence-electron chi connectivity index (χ3n) is 2.81. The molecule has 0 radical (unpaired) electrons. The Kier molecular flexibility index (Phi) is 9.22. The van der Waals surface area contributed by atoms with Crippen LogP contribution < -0.4 is 0 Å². The van der Waals surface area contributed by atoms with E-state index in [0.29, 0.717) is 38.5 Å². The molecule has 0 rings (SSSR count). The zero-order chi connectivity index (χ0) is 14.0. The molecule has 6 nitrogen and oxygen atoms in total. The molecule has 0 saturated heterocycles. The number of hydrogen-bond acceptors (Lipinski definition) is 4. The van der Waals surface area contributed by atoms with Crippen LogP contribution in [0.1, 0.15) is 51.4 Å². The lowest BCUT2D eigenvalue weighted by Crippen LogP contribution is -2.15. The summed E-state index contributed by atoms with van der Waals surface area (Å²) in [6, 6.07) is 0. The van der Waals surface area contributed by atoms with Crippen molar-refractivity contribution in [2.45, 2.75) is 57.7 Å². The quantitative estimate of drug-likeness (QED) is 0.328. The van der Waals surface area contributed by atoms with Crippen LogP contribution in [-0.2, 0) is 9.59 Å². The number of carbonyl (C=O) groups is 2. The van der Waals surface area contributed by atoms with E-state index in [-0.39, 0.29) is 12.8 Å². The molecule has 0 aromatic rings. The SMILES string of the molecule is O=C(O)CCCCCC(CCCC(O)O)C(=O)O. The largest absolute Gasteiger partial charge is 0.481 e. The molecule has 1 atom stereocenters. The molecule has 0 saturated carbocycles. The molecule has 0 fully saturated rings. The molecular formula is C12H22O6. The van der Waals surface area contributed by atoms with Crippen molar-refractivity contribution in [2.75, 3.05) is 0 Å². The molecule has 0 bridgehead atoms. The van der Waals surface area contributed by atoms with Gasteiger partial charge in [0.05, 0.1) is 5.92 Å². The smallest absolute Gasteiger partial charge is 0.306 e. The number of aliphatic hydroxyl groups is 2. The molecule has 0 aliphatic heterocycles. The van der Waals surface area contributed by atoms with E-state index < -0.39 is 24.1 Å². The summed E-state index contributed by atoms with van der Waals surface area (Å²) in [5.74, 6) is -2.18. The molecule has 0 aliphatic rings. The van der Waals surface area contributed by atoms with Gasteiger partial charge in [-0.05, 0) is 32.1 Å². The van der Waals surface area contributed by atoms with Crippen molar-refractivity contribution in [1.82, 2.24) is 0 Å². The van der Waals surface area contributed by atoms with Crippen molar-refractivity contribution in [3.8, 4) is 0 Å². The minimum absolute atomic E-state index is 0.119. The van der Waals surface area contributed by atoms with E-state index in [2.05, 4.69) is 0 Å². The lowest BCUT2D eigenvalue weighted by Gasteiger charge is -2.12. The van der Waals surface area contributed by atoms with Gasteiger partial charge in [0.25, 0.3) is 0 Å². The Morgan fingerprint density at radius 1 is 0.833 bits per heavy atom. The molecule has 0 aromatic heterocycles. The van der Waals surface area contributed by atoms with Crippen molar-refractivity contribution in [2.24, 2.45) is 5.92 Å². The zero-order valence-electron chi connectivity index (χ0n) is 10.4. The summed E-state index contributed by atoms with van der Waals surface area (Å²) in [5, 5.41) is 34.7. The molecule has 6 heteroatoms. The van der Waals surface area contributed by atoms with E-state index in [4.69, 9.17) is 20.4 Å². The Labute approximate surface area is 106 Å². The van der Waals surface area contributed by atoms with E-state index >= 15 is 0 Å². The Bertz CT molecular complexity index is 251. The van der Waals surface area contributed by atoms with Gasteiger partial charge in [0.15, 0.2) is 6.29 Å². The summed E-state index contributed by atoms with van der Waals surface area (Å²) < 4.78 is 0. The number of carboxylic acids is 2. The van der Waals surface area contributed by atoms with E-state index in [1.54, 1.807) is 0 Å². The molecule has 0 amide bonds. The van der Waals surface area contributed by atoms with Gasteiger partial charge in [-0.3, -0.25) is 9.59 Å². The van der Waals surface area contributed by atoms with Crippen molar-refractivity contribution >= 4 is 11.9 Å². The zero-order valence-corrected chi connectivity index (χ0v) is 10.4. The Morgan fingerprint density at radius 2 is 1.44 bits per heavy atom. The van der Waals surface area contributed by atoms with Gasteiger partial charge in [-0.2, -0.15) is 0 Å². The van der Waals surface area contributed by atoms with Crippen molar-refractivity contribution < 1.29 is 30.0 Å². The van der Waals surface area contributed by atoms with Crippen LogP contribution in [0.5, 0.6) is 0 Å². The fourth-order valence-electron chi connectivity index (χ4n) is 1.78. The van der Waals surface area contributed by atoms with Gasteiger partial charge < -0.3 is 20.4 Å². The first-order valence-corrected chi connectivity index (χ1v) is 6.24. The maximum absolute atomic E-state index is 10.9. The van der Waals surface area contributed by atoms with E-state index in [1.807, 2.05) is 0 Å². The van der Waals surface area contributed by atoms with Crippen molar-refractivity contribution in [1.29, 1.82) is 0 Å². The van der Waals surface area contributed by atoms with Gasteiger partial charge in [0, 0.05) is 6.42 Å². The van der Waals surface area contributed by atoms with Crippen LogP contribution in [0.4, 0.5) is 0 Å². The summed E-state index contributed by atoms with van der Waals surface area (Å²) in [7, 11) is 0. The predicted octanol–water partition coefficient (Wildman–Crippen LogP) is 1.20. The maximum atomic E-state index is 10.9. The molecule has 0 aliphatic carbocycles. The second kappa shape index (κ2) is 9.85. The topological polar surface area (TPSA) is 115 Å². The van der Waals surface area contributed by atoms with Gasteiger partial charge in [-0.1, -0.05) is 12.8 Å². The van der Waals surface area contributed by atoms with Crippen LogP contribution in [0, 0.1) is 5.92 Å². The normalized spacial score (nSPS) is 12.6. The van der Waals surface area contributed by atoms with Gasteiger partial charge in [-0.25, -0.2) is 0 Å². The number of aliphatic hydroxyl groups excluding tert-OH is 1. The lowest BCUT2D eigenvalue weighted by atomic mass is 9.95.